The number of hydrogen-bond donors (Lipinski definition) is 2. The van der Waals surface area contributed by atoms with E-state index in [0.29, 0.717) is 17.8 Å². The molecule has 3 N–H and O–H groups in total. The van der Waals surface area contributed by atoms with Gasteiger partial charge < -0.3 is 11.1 Å². The zero-order valence-corrected chi connectivity index (χ0v) is 12.4. The highest BCUT2D eigenvalue weighted by Gasteiger charge is 2.09. The number of para-hydroxylation sites is 1. The lowest BCUT2D eigenvalue weighted by Crippen LogP contribution is -2.13. The summed E-state index contributed by atoms with van der Waals surface area (Å²) in [6.07, 6.45) is 3.43. The minimum atomic E-state index is -0.168. The molecule has 1 heterocycles. The molecule has 0 atom stereocenters. The molecule has 1 amide bonds. The topological polar surface area (TPSA) is 68.0 Å². The van der Waals surface area contributed by atoms with E-state index in [1.165, 1.54) is 0 Å². The van der Waals surface area contributed by atoms with Gasteiger partial charge in [-0.3, -0.25) is 9.78 Å². The number of aromatic nitrogens is 1. The number of hydrogen-bond acceptors (Lipinski definition) is 4. The van der Waals surface area contributed by atoms with E-state index in [1.54, 1.807) is 30.1 Å². The first-order valence-electron chi connectivity index (χ1n) is 6.53. The Morgan fingerprint density at radius 2 is 2.19 bits per heavy atom. The van der Waals surface area contributed by atoms with Crippen LogP contribution in [0.15, 0.2) is 60.1 Å². The molecule has 0 saturated carbocycles. The Kier molecular flexibility index (Phi) is 5.54. The van der Waals surface area contributed by atoms with E-state index in [-0.39, 0.29) is 5.91 Å². The van der Waals surface area contributed by atoms with Crippen LogP contribution in [0.5, 0.6) is 0 Å². The summed E-state index contributed by atoms with van der Waals surface area (Å²) in [4.78, 5) is 17.4. The number of benzene rings is 1. The third-order valence-corrected chi connectivity index (χ3v) is 3.85. The molecule has 0 aliphatic rings. The van der Waals surface area contributed by atoms with E-state index in [0.717, 1.165) is 16.3 Å². The number of pyridine rings is 1. The highest BCUT2D eigenvalue weighted by atomic mass is 32.2. The summed E-state index contributed by atoms with van der Waals surface area (Å²) in [6.45, 7) is 4.02. The van der Waals surface area contributed by atoms with Crippen molar-refractivity contribution in [2.75, 3.05) is 11.1 Å². The van der Waals surface area contributed by atoms with Gasteiger partial charge in [0.25, 0.3) is 5.91 Å². The van der Waals surface area contributed by atoms with Crippen LogP contribution in [0.1, 0.15) is 16.1 Å². The van der Waals surface area contributed by atoms with Gasteiger partial charge in [-0.1, -0.05) is 18.2 Å². The number of carbonyl (C=O) groups is 1. The number of anilines is 1. The van der Waals surface area contributed by atoms with Gasteiger partial charge in [0.05, 0.1) is 11.4 Å². The van der Waals surface area contributed by atoms with Gasteiger partial charge in [0.1, 0.15) is 0 Å². The lowest BCUT2D eigenvalue weighted by Gasteiger charge is -2.10. The first-order chi connectivity index (χ1) is 10.2. The van der Waals surface area contributed by atoms with E-state index in [9.17, 15) is 4.79 Å². The molecule has 0 spiro atoms. The SMILES string of the molecule is C=CCSc1ccccc1NC(=O)c1ccnc(CN)c1. The molecular weight excluding hydrogens is 282 g/mol. The number of nitrogens with zero attached hydrogens (tertiary/aromatic N) is 1. The van der Waals surface area contributed by atoms with Crippen LogP contribution in [0.25, 0.3) is 0 Å². The highest BCUT2D eigenvalue weighted by molar-refractivity contribution is 7.99. The van der Waals surface area contributed by atoms with Crippen LogP contribution in [0, 0.1) is 0 Å². The predicted molar refractivity (Wildman–Crippen MR) is 87.4 cm³/mol. The lowest BCUT2D eigenvalue weighted by molar-refractivity contribution is 0.102. The summed E-state index contributed by atoms with van der Waals surface area (Å²) in [5.74, 6) is 0.623. The average Bonchev–Trinajstić information content (AvgIpc) is 2.54. The average molecular weight is 299 g/mol. The van der Waals surface area contributed by atoms with Crippen molar-refractivity contribution in [2.45, 2.75) is 11.4 Å². The summed E-state index contributed by atoms with van der Waals surface area (Å²) in [5.41, 5.74) is 7.58. The third-order valence-electron chi connectivity index (χ3n) is 2.78. The maximum atomic E-state index is 12.3. The Morgan fingerprint density at radius 3 is 2.95 bits per heavy atom. The van der Waals surface area contributed by atoms with Crippen LogP contribution < -0.4 is 11.1 Å². The number of nitrogens with two attached hydrogens (primary N) is 1. The second-order valence-electron chi connectivity index (χ2n) is 4.29. The van der Waals surface area contributed by atoms with Crippen LogP contribution in [-0.2, 0) is 6.54 Å². The zero-order valence-electron chi connectivity index (χ0n) is 11.6. The number of carbonyl (C=O) groups excluding carboxylic acids is 1. The Hall–Kier alpha value is -2.11. The lowest BCUT2D eigenvalue weighted by atomic mass is 10.2. The van der Waals surface area contributed by atoms with E-state index in [4.69, 9.17) is 5.73 Å². The molecule has 108 valence electrons. The van der Waals surface area contributed by atoms with Crippen LogP contribution in [0.2, 0.25) is 0 Å². The van der Waals surface area contributed by atoms with Gasteiger partial charge >= 0.3 is 0 Å². The van der Waals surface area contributed by atoms with Gasteiger partial charge in [-0.05, 0) is 24.3 Å². The molecule has 1 aromatic heterocycles. The molecule has 1 aromatic carbocycles. The molecule has 0 radical (unpaired) electrons. The molecule has 4 nitrogen and oxygen atoms in total. The van der Waals surface area contributed by atoms with Gasteiger partial charge in [-0.2, -0.15) is 0 Å². The summed E-state index contributed by atoms with van der Waals surface area (Å²) >= 11 is 1.63. The summed E-state index contributed by atoms with van der Waals surface area (Å²) < 4.78 is 0. The quantitative estimate of drug-likeness (QED) is 0.635. The van der Waals surface area contributed by atoms with Gasteiger partial charge in [0.15, 0.2) is 0 Å². The summed E-state index contributed by atoms with van der Waals surface area (Å²) in [6, 6.07) is 11.1. The van der Waals surface area contributed by atoms with E-state index < -0.39 is 0 Å². The minimum absolute atomic E-state index is 0.168. The first kappa shape index (κ1) is 15.3. The normalized spacial score (nSPS) is 10.1. The Morgan fingerprint density at radius 1 is 1.38 bits per heavy atom. The van der Waals surface area contributed by atoms with Crippen molar-refractivity contribution in [3.05, 3.63) is 66.5 Å². The number of nitrogens with one attached hydrogen (secondary N) is 1. The molecule has 0 aliphatic heterocycles. The van der Waals surface area contributed by atoms with Crippen LogP contribution in [0.3, 0.4) is 0 Å². The summed E-state index contributed by atoms with van der Waals surface area (Å²) in [5, 5.41) is 2.92. The minimum Gasteiger partial charge on any atom is -0.325 e. The van der Waals surface area contributed by atoms with Gasteiger partial charge in [-0.25, -0.2) is 0 Å². The fourth-order valence-corrected chi connectivity index (χ4v) is 2.52. The highest BCUT2D eigenvalue weighted by Crippen LogP contribution is 2.27. The van der Waals surface area contributed by atoms with Crippen molar-refractivity contribution in [1.82, 2.24) is 4.98 Å². The molecule has 0 aliphatic carbocycles. The van der Waals surface area contributed by atoms with E-state index in [1.807, 2.05) is 30.3 Å². The van der Waals surface area contributed by atoms with Gasteiger partial charge in [0.2, 0.25) is 0 Å². The largest absolute Gasteiger partial charge is 0.325 e. The molecule has 0 unspecified atom stereocenters. The number of rotatable bonds is 6. The Bertz CT molecular complexity index is 643. The third kappa shape index (κ3) is 4.18. The fourth-order valence-electron chi connectivity index (χ4n) is 1.77. The summed E-state index contributed by atoms with van der Waals surface area (Å²) in [7, 11) is 0. The number of amides is 1. The van der Waals surface area contributed by atoms with Gasteiger partial charge in [-0.15, -0.1) is 18.3 Å². The maximum Gasteiger partial charge on any atom is 0.255 e. The van der Waals surface area contributed by atoms with Crippen LogP contribution >= 0.6 is 11.8 Å². The Balaban J connectivity index is 2.17. The zero-order chi connectivity index (χ0) is 15.1. The smallest absolute Gasteiger partial charge is 0.255 e. The molecule has 21 heavy (non-hydrogen) atoms. The van der Waals surface area contributed by atoms with Crippen LogP contribution in [0.4, 0.5) is 5.69 Å². The predicted octanol–water partition coefficient (Wildman–Crippen LogP) is 3.07. The number of thioether (sulfide) groups is 1. The van der Waals surface area contributed by atoms with Crippen molar-refractivity contribution >= 4 is 23.4 Å². The van der Waals surface area contributed by atoms with Crippen molar-refractivity contribution < 1.29 is 4.79 Å². The Labute approximate surface area is 128 Å². The molecule has 0 fully saturated rings. The van der Waals surface area contributed by atoms with E-state index in [2.05, 4.69) is 16.9 Å². The van der Waals surface area contributed by atoms with Crippen molar-refractivity contribution in [1.29, 1.82) is 0 Å². The van der Waals surface area contributed by atoms with Crippen LogP contribution in [-0.4, -0.2) is 16.6 Å². The molecular formula is C16H17N3OS. The standard InChI is InChI=1S/C16H17N3OS/c1-2-9-21-15-6-4-3-5-14(15)19-16(20)12-7-8-18-13(10-12)11-17/h2-8,10H,1,9,11,17H2,(H,19,20). The molecule has 2 aromatic rings. The van der Waals surface area contributed by atoms with Gasteiger partial charge in [0, 0.05) is 29.0 Å². The fraction of sp³-hybridized carbons (Fsp3) is 0.125. The molecule has 2 rings (SSSR count). The monoisotopic (exact) mass is 299 g/mol. The molecule has 0 saturated heterocycles. The van der Waals surface area contributed by atoms with E-state index >= 15 is 0 Å². The molecule has 5 heteroatoms. The van der Waals surface area contributed by atoms with Crippen molar-refractivity contribution in [3.63, 3.8) is 0 Å². The van der Waals surface area contributed by atoms with Crippen molar-refractivity contribution in [2.24, 2.45) is 5.73 Å². The maximum absolute atomic E-state index is 12.3. The second-order valence-corrected chi connectivity index (χ2v) is 5.35. The molecule has 0 bridgehead atoms. The second kappa shape index (κ2) is 7.61. The first-order valence-corrected chi connectivity index (χ1v) is 7.52. The van der Waals surface area contributed by atoms with Crippen molar-refractivity contribution in [3.8, 4) is 0 Å².